The number of nitrogens with zero attached hydrogens (tertiary/aromatic N) is 3. The van der Waals surface area contributed by atoms with E-state index in [1.165, 1.54) is 0 Å². The van der Waals surface area contributed by atoms with E-state index in [4.69, 9.17) is 28.9 Å². The predicted molar refractivity (Wildman–Crippen MR) is 82.2 cm³/mol. The number of anilines is 1. The van der Waals surface area contributed by atoms with Crippen LogP contribution in [0.1, 0.15) is 26.5 Å². The maximum atomic E-state index is 6.26. The van der Waals surface area contributed by atoms with Gasteiger partial charge in [0.15, 0.2) is 5.82 Å². The zero-order chi connectivity index (χ0) is 14.4. The number of hydrogen-bond donors (Lipinski definition) is 1. The third-order valence-electron chi connectivity index (χ3n) is 2.60. The standard InChI is InChI=1S/C12H13BrCl2N4/c1-12(2,3)10-11(16)17-18-19(10)9-7(14)4-6(13)5-8(9)15/h4-5H,16H2,1-3H3. The molecule has 2 N–H and O–H groups in total. The fourth-order valence-electron chi connectivity index (χ4n) is 1.89. The lowest BCUT2D eigenvalue weighted by Crippen LogP contribution is -2.19. The largest absolute Gasteiger partial charge is 0.381 e. The summed E-state index contributed by atoms with van der Waals surface area (Å²) in [4.78, 5) is 0. The first-order chi connectivity index (χ1) is 8.71. The summed E-state index contributed by atoms with van der Waals surface area (Å²) >= 11 is 15.9. The molecule has 1 heterocycles. The molecule has 1 aromatic heterocycles. The maximum Gasteiger partial charge on any atom is 0.170 e. The SMILES string of the molecule is CC(C)(C)c1c(N)nnn1-c1c(Cl)cc(Br)cc1Cl. The Balaban J connectivity index is 2.74. The van der Waals surface area contributed by atoms with Crippen LogP contribution in [0.2, 0.25) is 10.0 Å². The van der Waals surface area contributed by atoms with Crippen LogP contribution in [0.25, 0.3) is 5.69 Å². The smallest absolute Gasteiger partial charge is 0.170 e. The minimum atomic E-state index is -0.229. The van der Waals surface area contributed by atoms with Gasteiger partial charge in [-0.2, -0.15) is 0 Å². The molecule has 0 aliphatic carbocycles. The summed E-state index contributed by atoms with van der Waals surface area (Å²) < 4.78 is 2.41. The normalized spacial score (nSPS) is 11.9. The summed E-state index contributed by atoms with van der Waals surface area (Å²) in [6.07, 6.45) is 0. The molecule has 1 aromatic carbocycles. The molecule has 4 nitrogen and oxygen atoms in total. The van der Waals surface area contributed by atoms with Crippen molar-refractivity contribution in [3.63, 3.8) is 0 Å². The Morgan fingerprint density at radius 1 is 1.21 bits per heavy atom. The van der Waals surface area contributed by atoms with Gasteiger partial charge >= 0.3 is 0 Å². The summed E-state index contributed by atoms with van der Waals surface area (Å²) in [6.45, 7) is 6.08. The van der Waals surface area contributed by atoms with E-state index in [1.54, 1.807) is 16.8 Å². The first-order valence-corrected chi connectivity index (χ1v) is 7.13. The van der Waals surface area contributed by atoms with Crippen LogP contribution in [0, 0.1) is 0 Å². The van der Waals surface area contributed by atoms with Crippen LogP contribution in [0.4, 0.5) is 5.82 Å². The van der Waals surface area contributed by atoms with E-state index in [0.717, 1.165) is 10.2 Å². The van der Waals surface area contributed by atoms with Crippen LogP contribution in [0.15, 0.2) is 16.6 Å². The van der Waals surface area contributed by atoms with Gasteiger partial charge in [-0.25, -0.2) is 4.68 Å². The molecule has 7 heteroatoms. The van der Waals surface area contributed by atoms with Gasteiger partial charge in [0.25, 0.3) is 0 Å². The first-order valence-electron chi connectivity index (χ1n) is 5.58. The van der Waals surface area contributed by atoms with Crippen molar-refractivity contribution in [2.24, 2.45) is 0 Å². The Labute approximate surface area is 130 Å². The highest BCUT2D eigenvalue weighted by Gasteiger charge is 2.26. The van der Waals surface area contributed by atoms with Gasteiger partial charge in [0, 0.05) is 9.89 Å². The van der Waals surface area contributed by atoms with E-state index < -0.39 is 0 Å². The highest BCUT2D eigenvalue weighted by molar-refractivity contribution is 9.10. The molecule has 0 saturated carbocycles. The molecule has 0 fully saturated rings. The zero-order valence-electron chi connectivity index (χ0n) is 10.7. The molecule has 102 valence electrons. The summed E-state index contributed by atoms with van der Waals surface area (Å²) in [6, 6.07) is 3.51. The van der Waals surface area contributed by atoms with E-state index >= 15 is 0 Å². The first kappa shape index (κ1) is 14.6. The minimum Gasteiger partial charge on any atom is -0.381 e. The molecule has 0 amide bonds. The number of halogens is 3. The summed E-state index contributed by atoms with van der Waals surface area (Å²) in [5.41, 5.74) is 7.04. The van der Waals surface area contributed by atoms with Crippen LogP contribution in [0.3, 0.4) is 0 Å². The molecule has 0 unspecified atom stereocenters. The number of hydrogen-bond acceptors (Lipinski definition) is 3. The third kappa shape index (κ3) is 2.73. The summed E-state index contributed by atoms with van der Waals surface area (Å²) in [7, 11) is 0. The molecule has 19 heavy (non-hydrogen) atoms. The van der Waals surface area contributed by atoms with Crippen LogP contribution in [-0.4, -0.2) is 15.0 Å². The monoisotopic (exact) mass is 362 g/mol. The second kappa shape index (κ2) is 4.96. The van der Waals surface area contributed by atoms with E-state index in [9.17, 15) is 0 Å². The Kier molecular flexibility index (Phi) is 3.82. The van der Waals surface area contributed by atoms with Crippen molar-refractivity contribution in [3.8, 4) is 5.69 Å². The average Bonchev–Trinajstić information content (AvgIpc) is 2.57. The topological polar surface area (TPSA) is 56.7 Å². The van der Waals surface area contributed by atoms with Crippen LogP contribution < -0.4 is 5.73 Å². The van der Waals surface area contributed by atoms with Gasteiger partial charge in [-0.15, -0.1) is 5.10 Å². The second-order valence-corrected chi connectivity index (χ2v) is 6.93. The Hall–Kier alpha value is -0.780. The number of nitrogen functional groups attached to an aromatic ring is 1. The predicted octanol–water partition coefficient (Wildman–Crippen LogP) is 4.22. The second-order valence-electron chi connectivity index (χ2n) is 5.20. The molecule has 0 aliphatic rings. The van der Waals surface area contributed by atoms with E-state index in [2.05, 4.69) is 26.2 Å². The van der Waals surface area contributed by atoms with Crippen LogP contribution >= 0.6 is 39.1 Å². The van der Waals surface area contributed by atoms with Crippen molar-refractivity contribution in [1.82, 2.24) is 15.0 Å². The summed E-state index contributed by atoms with van der Waals surface area (Å²) in [5, 5.41) is 8.95. The Bertz CT molecular complexity index is 608. The van der Waals surface area contributed by atoms with Gasteiger partial charge < -0.3 is 5.73 Å². The number of benzene rings is 1. The molecule has 0 spiro atoms. The van der Waals surface area contributed by atoms with E-state index in [0.29, 0.717) is 21.6 Å². The van der Waals surface area contributed by atoms with Crippen molar-refractivity contribution in [1.29, 1.82) is 0 Å². The van der Waals surface area contributed by atoms with Crippen molar-refractivity contribution >= 4 is 44.9 Å². The Morgan fingerprint density at radius 3 is 2.21 bits per heavy atom. The highest BCUT2D eigenvalue weighted by atomic mass is 79.9. The fourth-order valence-corrected chi connectivity index (χ4v) is 3.26. The molecule has 2 aromatic rings. The molecular formula is C12H13BrCl2N4. The zero-order valence-corrected chi connectivity index (χ0v) is 13.8. The third-order valence-corrected chi connectivity index (χ3v) is 3.63. The highest BCUT2D eigenvalue weighted by Crippen LogP contribution is 2.36. The quantitative estimate of drug-likeness (QED) is 0.825. The van der Waals surface area contributed by atoms with Crippen molar-refractivity contribution in [3.05, 3.63) is 32.3 Å². The van der Waals surface area contributed by atoms with Gasteiger partial charge in [0.2, 0.25) is 0 Å². The van der Waals surface area contributed by atoms with E-state index in [1.807, 2.05) is 20.8 Å². The van der Waals surface area contributed by atoms with Crippen molar-refractivity contribution < 1.29 is 0 Å². The van der Waals surface area contributed by atoms with Crippen LogP contribution in [-0.2, 0) is 5.41 Å². The van der Waals surface area contributed by atoms with Gasteiger partial charge in [0.05, 0.1) is 15.7 Å². The van der Waals surface area contributed by atoms with Gasteiger partial charge in [-0.3, -0.25) is 0 Å². The number of nitrogens with two attached hydrogens (primary N) is 1. The lowest BCUT2D eigenvalue weighted by molar-refractivity contribution is 0.544. The molecule has 0 atom stereocenters. The Morgan fingerprint density at radius 2 is 1.74 bits per heavy atom. The summed E-state index contributed by atoms with van der Waals surface area (Å²) in [5.74, 6) is 0.377. The fraction of sp³-hybridized carbons (Fsp3) is 0.333. The average molecular weight is 364 g/mol. The molecular weight excluding hydrogens is 351 g/mol. The van der Waals surface area contributed by atoms with E-state index in [-0.39, 0.29) is 5.41 Å². The number of aromatic nitrogens is 3. The lowest BCUT2D eigenvalue weighted by atomic mass is 9.91. The molecule has 0 radical (unpaired) electrons. The van der Waals surface area contributed by atoms with Gasteiger partial charge in [0.1, 0.15) is 5.69 Å². The lowest BCUT2D eigenvalue weighted by Gasteiger charge is -2.21. The molecule has 0 saturated heterocycles. The van der Waals surface area contributed by atoms with Crippen molar-refractivity contribution in [2.75, 3.05) is 5.73 Å². The van der Waals surface area contributed by atoms with Gasteiger partial charge in [-0.1, -0.05) is 65.1 Å². The molecule has 0 aliphatic heterocycles. The molecule has 0 bridgehead atoms. The van der Waals surface area contributed by atoms with Gasteiger partial charge in [-0.05, 0) is 12.1 Å². The van der Waals surface area contributed by atoms with Crippen molar-refractivity contribution in [2.45, 2.75) is 26.2 Å². The maximum absolute atomic E-state index is 6.26. The minimum absolute atomic E-state index is 0.229. The van der Waals surface area contributed by atoms with Crippen LogP contribution in [0.5, 0.6) is 0 Å². The molecule has 2 rings (SSSR count). The number of rotatable bonds is 1.